The van der Waals surface area contributed by atoms with Crippen LogP contribution in [0.3, 0.4) is 0 Å². The van der Waals surface area contributed by atoms with E-state index in [9.17, 15) is 24.0 Å². The van der Waals surface area contributed by atoms with Crippen LogP contribution in [0.1, 0.15) is 43.6 Å². The highest BCUT2D eigenvalue weighted by Crippen LogP contribution is 2.54. The second-order valence-corrected chi connectivity index (χ2v) is 9.84. The quantitative estimate of drug-likeness (QED) is 0.252. The number of hydrogen-bond acceptors (Lipinski definition) is 13. The molecule has 0 N–H and O–H groups in total. The molecule has 0 amide bonds. The number of ketones is 1. The SMILES string of the molecule is CC(=O)OC[C@H]1O[C@@H](Oc2ccc3c(c2)O[C@H]2O[C@@]2(c2ccccc2)C3=O)[C@H](OC(C)=O)[C@@H](OC(C)=O)[C@@H]1OC(C)=O. The molecule has 3 aliphatic rings. The molecule has 2 fully saturated rings. The maximum Gasteiger partial charge on any atom is 0.303 e. The molecule has 13 nitrogen and oxygen atoms in total. The van der Waals surface area contributed by atoms with Crippen LogP contribution >= 0.6 is 0 Å². The smallest absolute Gasteiger partial charge is 0.303 e. The Morgan fingerprint density at radius 2 is 1.45 bits per heavy atom. The fourth-order valence-electron chi connectivity index (χ4n) is 5.02. The molecule has 0 radical (unpaired) electrons. The van der Waals surface area contributed by atoms with Gasteiger partial charge in [-0.3, -0.25) is 24.0 Å². The second-order valence-electron chi connectivity index (χ2n) is 9.84. The van der Waals surface area contributed by atoms with Gasteiger partial charge >= 0.3 is 23.9 Å². The van der Waals surface area contributed by atoms with Crippen molar-refractivity contribution in [3.8, 4) is 11.5 Å². The highest BCUT2D eigenvalue weighted by atomic mass is 16.8. The first-order valence-corrected chi connectivity index (χ1v) is 13.1. The van der Waals surface area contributed by atoms with Crippen molar-refractivity contribution in [2.24, 2.45) is 0 Å². The normalized spacial score (nSPS) is 29.1. The molecule has 0 spiro atoms. The maximum atomic E-state index is 13.4. The van der Waals surface area contributed by atoms with E-state index < -0.39 is 73.1 Å². The minimum Gasteiger partial charge on any atom is -0.463 e. The lowest BCUT2D eigenvalue weighted by molar-refractivity contribution is -0.288. The van der Waals surface area contributed by atoms with Crippen molar-refractivity contribution in [3.63, 3.8) is 0 Å². The number of carbonyl (C=O) groups is 5. The zero-order chi connectivity index (χ0) is 30.2. The summed E-state index contributed by atoms with van der Waals surface area (Å²) in [7, 11) is 0. The van der Waals surface area contributed by atoms with E-state index in [1.807, 2.05) is 6.07 Å². The van der Waals surface area contributed by atoms with Gasteiger partial charge in [-0.15, -0.1) is 0 Å². The van der Waals surface area contributed by atoms with Crippen LogP contribution in [-0.4, -0.2) is 73.3 Å². The molecular formula is C29H28O13. The van der Waals surface area contributed by atoms with Crippen molar-refractivity contribution in [1.82, 2.24) is 0 Å². The van der Waals surface area contributed by atoms with Gasteiger partial charge in [0, 0.05) is 33.8 Å². The molecule has 2 aromatic carbocycles. The zero-order valence-corrected chi connectivity index (χ0v) is 23.1. The number of Topliss-reactive ketones (excluding diaryl/α,β-unsaturated/α-hetero) is 1. The van der Waals surface area contributed by atoms with Crippen LogP contribution in [0.5, 0.6) is 11.5 Å². The van der Waals surface area contributed by atoms with Crippen molar-refractivity contribution < 1.29 is 61.9 Å². The Bertz CT molecular complexity index is 1410. The largest absolute Gasteiger partial charge is 0.463 e. The van der Waals surface area contributed by atoms with E-state index in [1.54, 1.807) is 24.3 Å². The van der Waals surface area contributed by atoms with Crippen LogP contribution < -0.4 is 9.47 Å². The van der Waals surface area contributed by atoms with Crippen LogP contribution in [0.2, 0.25) is 0 Å². The standard InChI is InChI=1S/C29H28O13/c1-14(30)35-13-22-23(36-15(2)31)24(37-16(3)32)25(38-17(4)33)27(40-22)39-19-10-11-20-21(12-19)41-28-29(42-28,26(20)34)18-8-6-5-7-9-18/h5-12,22-25,27-28H,13H2,1-4H3/t22-,23-,24+,25-,27-,28+,29+/m1/s1. The van der Waals surface area contributed by atoms with Gasteiger partial charge in [-0.05, 0) is 17.7 Å². The Balaban J connectivity index is 1.44. The Kier molecular flexibility index (Phi) is 7.89. The van der Waals surface area contributed by atoms with Gasteiger partial charge in [0.05, 0.1) is 5.56 Å². The molecule has 13 heteroatoms. The van der Waals surface area contributed by atoms with Gasteiger partial charge in [-0.1, -0.05) is 30.3 Å². The van der Waals surface area contributed by atoms with E-state index in [4.69, 9.17) is 37.9 Å². The average molecular weight is 585 g/mol. The van der Waals surface area contributed by atoms with Crippen molar-refractivity contribution >= 4 is 29.7 Å². The zero-order valence-electron chi connectivity index (χ0n) is 23.1. The summed E-state index contributed by atoms with van der Waals surface area (Å²) in [6.45, 7) is 4.14. The number of rotatable bonds is 8. The molecule has 3 heterocycles. The fraction of sp³-hybridized carbons (Fsp3) is 0.414. The number of epoxide rings is 1. The van der Waals surface area contributed by atoms with E-state index in [-0.39, 0.29) is 22.8 Å². The molecule has 2 aromatic rings. The molecule has 42 heavy (non-hydrogen) atoms. The molecule has 2 saturated heterocycles. The summed E-state index contributed by atoms with van der Waals surface area (Å²) < 4.78 is 44.9. The summed E-state index contributed by atoms with van der Waals surface area (Å²) in [6, 6.07) is 13.4. The summed E-state index contributed by atoms with van der Waals surface area (Å²) in [6.07, 6.45) is -7.58. The number of ether oxygens (including phenoxy) is 8. The highest BCUT2D eigenvalue weighted by molar-refractivity contribution is 6.08. The van der Waals surface area contributed by atoms with Gasteiger partial charge in [0.25, 0.3) is 0 Å². The first-order valence-electron chi connectivity index (χ1n) is 13.1. The molecule has 3 aliphatic heterocycles. The van der Waals surface area contributed by atoms with Crippen LogP contribution in [0.15, 0.2) is 48.5 Å². The second kappa shape index (κ2) is 11.4. The molecule has 0 saturated carbocycles. The van der Waals surface area contributed by atoms with Crippen molar-refractivity contribution in [3.05, 3.63) is 59.7 Å². The molecule has 0 aromatic heterocycles. The Morgan fingerprint density at radius 3 is 2.10 bits per heavy atom. The van der Waals surface area contributed by atoms with Crippen LogP contribution in [0.4, 0.5) is 0 Å². The highest BCUT2D eigenvalue weighted by Gasteiger charge is 2.69. The number of hydrogen-bond donors (Lipinski definition) is 0. The average Bonchev–Trinajstić information content (AvgIpc) is 3.66. The van der Waals surface area contributed by atoms with Gasteiger partial charge in [0.2, 0.25) is 30.1 Å². The molecule has 222 valence electrons. The Hall–Kier alpha value is -4.49. The van der Waals surface area contributed by atoms with Gasteiger partial charge in [0.15, 0.2) is 12.2 Å². The lowest BCUT2D eigenvalue weighted by Gasteiger charge is -2.43. The summed E-state index contributed by atoms with van der Waals surface area (Å²) in [5.74, 6) is -2.88. The lowest BCUT2D eigenvalue weighted by Crippen LogP contribution is -2.63. The fourth-order valence-corrected chi connectivity index (χ4v) is 5.02. The van der Waals surface area contributed by atoms with Crippen molar-refractivity contribution in [2.75, 3.05) is 6.61 Å². The monoisotopic (exact) mass is 584 g/mol. The lowest BCUT2D eigenvalue weighted by atomic mass is 9.88. The molecule has 0 aliphatic carbocycles. The third kappa shape index (κ3) is 5.65. The van der Waals surface area contributed by atoms with Gasteiger partial charge in [0.1, 0.15) is 24.2 Å². The predicted molar refractivity (Wildman–Crippen MR) is 137 cm³/mol. The van der Waals surface area contributed by atoms with Crippen LogP contribution in [0.25, 0.3) is 0 Å². The van der Waals surface area contributed by atoms with E-state index in [2.05, 4.69) is 0 Å². The molecule has 5 rings (SSSR count). The van der Waals surface area contributed by atoms with E-state index in [0.717, 1.165) is 20.8 Å². The third-order valence-electron chi connectivity index (χ3n) is 6.74. The van der Waals surface area contributed by atoms with Gasteiger partial charge in [-0.25, -0.2) is 0 Å². The summed E-state index contributed by atoms with van der Waals surface area (Å²) in [4.78, 5) is 61.0. The Labute approximate surface area is 239 Å². The van der Waals surface area contributed by atoms with E-state index in [0.29, 0.717) is 5.56 Å². The number of esters is 4. The van der Waals surface area contributed by atoms with Crippen LogP contribution in [0, 0.1) is 0 Å². The first kappa shape index (κ1) is 29.0. The molecule has 0 unspecified atom stereocenters. The summed E-state index contributed by atoms with van der Waals surface area (Å²) in [5, 5.41) is 0. The van der Waals surface area contributed by atoms with Gasteiger partial charge < -0.3 is 37.9 Å². The first-order chi connectivity index (χ1) is 20.0. The molecule has 7 atom stereocenters. The summed E-state index contributed by atoms with van der Waals surface area (Å²) in [5.41, 5.74) is -0.291. The topological polar surface area (TPSA) is 162 Å². The number of carbonyl (C=O) groups excluding carboxylic acids is 5. The van der Waals surface area contributed by atoms with Gasteiger partial charge in [-0.2, -0.15) is 0 Å². The van der Waals surface area contributed by atoms with Crippen LogP contribution in [-0.2, 0) is 53.2 Å². The Morgan fingerprint density at radius 1 is 0.810 bits per heavy atom. The minimum absolute atomic E-state index is 0.135. The number of benzene rings is 2. The summed E-state index contributed by atoms with van der Waals surface area (Å²) >= 11 is 0. The minimum atomic E-state index is -1.44. The van der Waals surface area contributed by atoms with Crippen molar-refractivity contribution in [1.29, 1.82) is 0 Å². The third-order valence-corrected chi connectivity index (χ3v) is 6.74. The van der Waals surface area contributed by atoms with Crippen molar-refractivity contribution in [2.45, 2.75) is 70.3 Å². The van der Waals surface area contributed by atoms with E-state index in [1.165, 1.54) is 25.1 Å². The molecular weight excluding hydrogens is 556 g/mol. The van der Waals surface area contributed by atoms with E-state index >= 15 is 0 Å². The number of fused-ring (bicyclic) bond motifs is 2. The molecule has 0 bridgehead atoms. The predicted octanol–water partition coefficient (Wildman–Crippen LogP) is 1.98. The maximum absolute atomic E-state index is 13.4.